The van der Waals surface area contributed by atoms with Crippen molar-refractivity contribution in [1.82, 2.24) is 14.8 Å². The van der Waals surface area contributed by atoms with Crippen LogP contribution in [-0.2, 0) is 28.9 Å². The van der Waals surface area contributed by atoms with Gasteiger partial charge in [0, 0.05) is 17.3 Å². The maximum atomic E-state index is 12.8. The third-order valence-corrected chi connectivity index (χ3v) is 8.60. The van der Waals surface area contributed by atoms with Gasteiger partial charge in [-0.1, -0.05) is 37.4 Å². The molecule has 2 aliphatic rings. The lowest BCUT2D eigenvalue weighted by atomic mass is 9.89. The second kappa shape index (κ2) is 10.8. The number of esters is 1. The van der Waals surface area contributed by atoms with E-state index in [2.05, 4.69) is 27.0 Å². The largest absolute Gasteiger partial charge is 0.465 e. The van der Waals surface area contributed by atoms with Crippen LogP contribution in [0.3, 0.4) is 0 Å². The smallest absolute Gasteiger partial charge is 0.341 e. The summed E-state index contributed by atoms with van der Waals surface area (Å²) >= 11 is 2.93. The molecule has 32 heavy (non-hydrogen) atoms. The molecule has 2 aromatic heterocycles. The number of aryl methyl sites for hydroxylation is 1. The summed E-state index contributed by atoms with van der Waals surface area (Å²) in [6, 6.07) is 0. The van der Waals surface area contributed by atoms with Crippen molar-refractivity contribution in [2.75, 3.05) is 18.2 Å². The number of hydrogen-bond donors (Lipinski definition) is 1. The molecule has 0 unspecified atom stereocenters. The highest BCUT2D eigenvalue weighted by atomic mass is 32.2. The first-order valence-electron chi connectivity index (χ1n) is 11.7. The Morgan fingerprint density at radius 2 is 1.88 bits per heavy atom. The first-order chi connectivity index (χ1) is 15.6. The van der Waals surface area contributed by atoms with Crippen LogP contribution in [0.2, 0.25) is 0 Å². The predicted molar refractivity (Wildman–Crippen MR) is 128 cm³/mol. The van der Waals surface area contributed by atoms with Crippen molar-refractivity contribution in [2.45, 2.75) is 88.8 Å². The van der Waals surface area contributed by atoms with Gasteiger partial charge in [-0.15, -0.1) is 21.5 Å². The number of aromatic nitrogens is 3. The van der Waals surface area contributed by atoms with Crippen LogP contribution < -0.4 is 5.32 Å². The van der Waals surface area contributed by atoms with Crippen molar-refractivity contribution in [1.29, 1.82) is 0 Å². The van der Waals surface area contributed by atoms with Gasteiger partial charge in [-0.05, 0) is 51.0 Å². The quantitative estimate of drug-likeness (QED) is 0.336. The SMILES string of the molecule is CCn1c(SCC(=O)Nc2sc3c(c2C(=O)OC)CCCCC3)nnc1C1CCCCC1. The summed E-state index contributed by atoms with van der Waals surface area (Å²) in [6.07, 6.45) is 11.3. The van der Waals surface area contributed by atoms with E-state index in [0.29, 0.717) is 16.5 Å². The molecule has 9 heteroatoms. The van der Waals surface area contributed by atoms with Gasteiger partial charge in [-0.3, -0.25) is 4.79 Å². The molecule has 2 heterocycles. The van der Waals surface area contributed by atoms with Crippen molar-refractivity contribution in [3.05, 3.63) is 21.8 Å². The Morgan fingerprint density at radius 1 is 1.12 bits per heavy atom. The lowest BCUT2D eigenvalue weighted by Crippen LogP contribution is -2.17. The summed E-state index contributed by atoms with van der Waals surface area (Å²) in [5.74, 6) is 1.26. The monoisotopic (exact) mass is 476 g/mol. The molecular weight excluding hydrogens is 444 g/mol. The number of methoxy groups -OCH3 is 1. The van der Waals surface area contributed by atoms with Crippen molar-refractivity contribution < 1.29 is 14.3 Å². The molecule has 4 rings (SSSR count). The minimum Gasteiger partial charge on any atom is -0.465 e. The number of anilines is 1. The molecule has 7 nitrogen and oxygen atoms in total. The predicted octanol–water partition coefficient (Wildman–Crippen LogP) is 5.19. The van der Waals surface area contributed by atoms with E-state index in [-0.39, 0.29) is 17.6 Å². The van der Waals surface area contributed by atoms with Crippen molar-refractivity contribution in [2.24, 2.45) is 0 Å². The molecular formula is C23H32N4O3S2. The molecule has 2 aromatic rings. The molecule has 1 saturated carbocycles. The third-order valence-electron chi connectivity index (χ3n) is 6.43. The zero-order chi connectivity index (χ0) is 22.5. The van der Waals surface area contributed by atoms with Gasteiger partial charge in [0.05, 0.1) is 18.4 Å². The molecule has 0 aliphatic heterocycles. The molecule has 0 bridgehead atoms. The number of rotatable bonds is 7. The summed E-state index contributed by atoms with van der Waals surface area (Å²) in [4.78, 5) is 26.5. The number of amides is 1. The lowest BCUT2D eigenvalue weighted by Gasteiger charge is -2.21. The number of hydrogen-bond acceptors (Lipinski definition) is 7. The van der Waals surface area contributed by atoms with E-state index in [1.54, 1.807) is 0 Å². The highest BCUT2D eigenvalue weighted by molar-refractivity contribution is 7.99. The molecule has 0 radical (unpaired) electrons. The number of thioether (sulfide) groups is 1. The summed E-state index contributed by atoms with van der Waals surface area (Å²) in [7, 11) is 1.39. The molecule has 1 fully saturated rings. The van der Waals surface area contributed by atoms with Crippen molar-refractivity contribution in [3.63, 3.8) is 0 Å². The van der Waals surface area contributed by atoms with Crippen molar-refractivity contribution in [3.8, 4) is 0 Å². The molecule has 2 aliphatic carbocycles. The number of carbonyl (C=O) groups is 2. The van der Waals surface area contributed by atoms with Crippen LogP contribution in [0.4, 0.5) is 5.00 Å². The topological polar surface area (TPSA) is 86.1 Å². The van der Waals surface area contributed by atoms with Crippen LogP contribution in [0.1, 0.15) is 90.8 Å². The lowest BCUT2D eigenvalue weighted by molar-refractivity contribution is -0.113. The number of carbonyl (C=O) groups excluding carboxylic acids is 2. The number of fused-ring (bicyclic) bond motifs is 1. The Kier molecular flexibility index (Phi) is 7.88. The van der Waals surface area contributed by atoms with E-state index < -0.39 is 0 Å². The van der Waals surface area contributed by atoms with E-state index in [0.717, 1.165) is 48.8 Å². The normalized spacial score (nSPS) is 16.9. The Hall–Kier alpha value is -1.87. The van der Waals surface area contributed by atoms with Gasteiger partial charge < -0.3 is 14.6 Å². The Balaban J connectivity index is 1.45. The summed E-state index contributed by atoms with van der Waals surface area (Å²) in [5.41, 5.74) is 1.61. The minimum atomic E-state index is -0.366. The first kappa shape index (κ1) is 23.3. The molecule has 0 spiro atoms. The fourth-order valence-electron chi connectivity index (χ4n) is 4.81. The van der Waals surface area contributed by atoms with Crippen LogP contribution >= 0.6 is 23.1 Å². The highest BCUT2D eigenvalue weighted by Crippen LogP contribution is 2.38. The molecule has 174 valence electrons. The Labute approximate surface area is 197 Å². The zero-order valence-electron chi connectivity index (χ0n) is 18.9. The van der Waals surface area contributed by atoms with Crippen LogP contribution in [0.15, 0.2) is 5.16 Å². The van der Waals surface area contributed by atoms with Crippen LogP contribution in [0, 0.1) is 0 Å². The summed E-state index contributed by atoms with van der Waals surface area (Å²) < 4.78 is 7.19. The van der Waals surface area contributed by atoms with Gasteiger partial charge in [-0.25, -0.2) is 4.79 Å². The zero-order valence-corrected chi connectivity index (χ0v) is 20.6. The highest BCUT2D eigenvalue weighted by Gasteiger charge is 2.27. The summed E-state index contributed by atoms with van der Waals surface area (Å²) in [5, 5.41) is 13.3. The van der Waals surface area contributed by atoms with Crippen LogP contribution in [-0.4, -0.2) is 39.5 Å². The fourth-order valence-corrected chi connectivity index (χ4v) is 6.91. The number of ether oxygens (including phenoxy) is 1. The second-order valence-electron chi connectivity index (χ2n) is 8.52. The maximum absolute atomic E-state index is 12.8. The van der Waals surface area contributed by atoms with Crippen molar-refractivity contribution >= 4 is 40.0 Å². The van der Waals surface area contributed by atoms with Gasteiger partial charge in [0.25, 0.3) is 0 Å². The van der Waals surface area contributed by atoms with E-state index in [4.69, 9.17) is 4.74 Å². The molecule has 1 amide bonds. The van der Waals surface area contributed by atoms with Gasteiger partial charge in [0.2, 0.25) is 5.91 Å². The van der Waals surface area contributed by atoms with E-state index in [9.17, 15) is 9.59 Å². The number of nitrogens with one attached hydrogen (secondary N) is 1. The van der Waals surface area contributed by atoms with E-state index >= 15 is 0 Å². The second-order valence-corrected chi connectivity index (χ2v) is 10.6. The van der Waals surface area contributed by atoms with Gasteiger partial charge in [0.1, 0.15) is 10.8 Å². The summed E-state index contributed by atoms with van der Waals surface area (Å²) in [6.45, 7) is 2.90. The Morgan fingerprint density at radius 3 is 2.62 bits per heavy atom. The van der Waals surface area contributed by atoms with E-state index in [1.165, 1.54) is 73.6 Å². The average molecular weight is 477 g/mol. The Bertz CT molecular complexity index is 963. The van der Waals surface area contributed by atoms with Gasteiger partial charge in [0.15, 0.2) is 5.16 Å². The molecule has 1 N–H and O–H groups in total. The standard InChI is InChI=1S/C23H32N4O3S2/c1-3-27-20(15-10-6-4-7-11-15)25-26-23(27)31-14-18(28)24-21-19(22(29)30-2)16-12-8-5-9-13-17(16)32-21/h15H,3-14H2,1-2H3,(H,24,28). The average Bonchev–Trinajstić information content (AvgIpc) is 3.30. The number of thiophene rings is 1. The van der Waals surface area contributed by atoms with Gasteiger partial charge >= 0.3 is 5.97 Å². The van der Waals surface area contributed by atoms with Crippen LogP contribution in [0.25, 0.3) is 0 Å². The molecule has 0 atom stereocenters. The fraction of sp³-hybridized carbons (Fsp3) is 0.652. The minimum absolute atomic E-state index is 0.138. The molecule has 0 aromatic carbocycles. The molecule has 0 saturated heterocycles. The van der Waals surface area contributed by atoms with Gasteiger partial charge in [-0.2, -0.15) is 0 Å². The van der Waals surface area contributed by atoms with E-state index in [1.807, 2.05) is 0 Å². The third kappa shape index (κ3) is 5.03. The van der Waals surface area contributed by atoms with Crippen LogP contribution in [0.5, 0.6) is 0 Å². The number of nitrogens with zero attached hydrogens (tertiary/aromatic N) is 3. The maximum Gasteiger partial charge on any atom is 0.341 e. The first-order valence-corrected chi connectivity index (χ1v) is 13.5.